The number of ether oxygens (including phenoxy) is 1. The smallest absolute Gasteiger partial charge is 0.173 e. The Labute approximate surface area is 76.0 Å². The summed E-state index contributed by atoms with van der Waals surface area (Å²) in [5, 5.41) is 25.5. The normalized spacial score (nSPS) is 10.1. The monoisotopic (exact) mass is 185 g/mol. The third kappa shape index (κ3) is 1.91. The summed E-state index contributed by atoms with van der Waals surface area (Å²) < 4.78 is 4.89. The van der Waals surface area contributed by atoms with Gasteiger partial charge in [-0.1, -0.05) is 0 Å². The van der Waals surface area contributed by atoms with Crippen LogP contribution in [-0.2, 0) is 13.2 Å². The van der Waals surface area contributed by atoms with Crippen molar-refractivity contribution in [3.63, 3.8) is 0 Å². The van der Waals surface area contributed by atoms with Gasteiger partial charge in [0.25, 0.3) is 0 Å². The number of aliphatic hydroxyl groups excluding tert-OH is 1. The van der Waals surface area contributed by atoms with Crippen LogP contribution in [0, 0.1) is 0 Å². The van der Waals surface area contributed by atoms with Crippen LogP contribution in [0.25, 0.3) is 0 Å². The van der Waals surface area contributed by atoms with Gasteiger partial charge in [0.15, 0.2) is 18.1 Å². The quantitative estimate of drug-likeness (QED) is 0.657. The summed E-state index contributed by atoms with van der Waals surface area (Å²) in [6, 6.07) is 3.14. The largest absolute Gasteiger partial charge is 0.504 e. The van der Waals surface area contributed by atoms with Gasteiger partial charge in [0.05, 0.1) is 19.3 Å². The molecule has 0 spiro atoms. The van der Waals surface area contributed by atoms with Crippen LogP contribution in [0.3, 0.4) is 0 Å². The third-order valence-electron chi connectivity index (χ3n) is 1.81. The minimum absolute atomic E-state index is 0.0188. The van der Waals surface area contributed by atoms with Gasteiger partial charge in [-0.2, -0.15) is 0 Å². The highest BCUT2D eigenvalue weighted by molar-refractivity contribution is 5.48. The van der Waals surface area contributed by atoms with E-state index in [0.29, 0.717) is 16.9 Å². The Morgan fingerprint density at radius 1 is 1.46 bits per heavy atom. The molecule has 13 heavy (non-hydrogen) atoms. The van der Waals surface area contributed by atoms with Crippen LogP contribution in [0.1, 0.15) is 11.1 Å². The molecule has 0 radical (unpaired) electrons. The zero-order chi connectivity index (χ0) is 9.84. The van der Waals surface area contributed by atoms with E-state index < -0.39 is 0 Å². The van der Waals surface area contributed by atoms with Crippen molar-refractivity contribution in [2.75, 3.05) is 7.11 Å². The summed E-state index contributed by atoms with van der Waals surface area (Å²) in [7, 11) is 1.43. The van der Waals surface area contributed by atoms with Crippen LogP contribution in [0.5, 0.6) is 11.5 Å². The molecular formula is C9H13O4+. The number of hydrogen-bond donors (Lipinski definition) is 2. The van der Waals surface area contributed by atoms with Crippen molar-refractivity contribution in [3.8, 4) is 11.5 Å². The fraction of sp³-hybridized carbons (Fsp3) is 0.333. The number of phenols is 1. The Balaban J connectivity index is 3.20. The lowest BCUT2D eigenvalue weighted by molar-refractivity contribution is 0.267. The first kappa shape index (κ1) is 9.83. The molecule has 0 saturated carbocycles. The van der Waals surface area contributed by atoms with Gasteiger partial charge in [0.1, 0.15) is 0 Å². The molecule has 1 aromatic carbocycles. The Hall–Kier alpha value is -1.26. The van der Waals surface area contributed by atoms with Crippen molar-refractivity contribution in [3.05, 3.63) is 23.3 Å². The highest BCUT2D eigenvalue weighted by Crippen LogP contribution is 2.31. The van der Waals surface area contributed by atoms with Gasteiger partial charge >= 0.3 is 0 Å². The maximum atomic E-state index is 9.48. The molecule has 0 fully saturated rings. The zero-order valence-electron chi connectivity index (χ0n) is 7.37. The SMILES string of the molecule is COc1cc(CO)cc(C[OH2+])c1O. The first-order valence-corrected chi connectivity index (χ1v) is 3.87. The first-order chi connectivity index (χ1) is 6.22. The highest BCUT2D eigenvalue weighted by atomic mass is 16.5. The van der Waals surface area contributed by atoms with Gasteiger partial charge in [0.2, 0.25) is 0 Å². The molecule has 4 heteroatoms. The average molecular weight is 185 g/mol. The molecule has 0 aliphatic carbocycles. The Morgan fingerprint density at radius 2 is 2.15 bits per heavy atom. The van der Waals surface area contributed by atoms with Gasteiger partial charge in [0, 0.05) is 0 Å². The van der Waals surface area contributed by atoms with E-state index in [1.54, 1.807) is 12.1 Å². The Bertz CT molecular complexity index is 271. The molecule has 0 saturated heterocycles. The number of methoxy groups -OCH3 is 1. The number of hydrogen-bond acceptors (Lipinski definition) is 3. The number of rotatable bonds is 3. The van der Waals surface area contributed by atoms with Gasteiger partial charge in [-0.3, -0.25) is 0 Å². The summed E-state index contributed by atoms with van der Waals surface area (Å²) in [6.07, 6.45) is 0. The van der Waals surface area contributed by atoms with E-state index in [4.69, 9.17) is 14.9 Å². The lowest BCUT2D eigenvalue weighted by Crippen LogP contribution is -1.93. The molecule has 0 aliphatic rings. The molecule has 4 nitrogen and oxygen atoms in total. The second-order valence-corrected chi connectivity index (χ2v) is 2.64. The third-order valence-corrected chi connectivity index (χ3v) is 1.81. The van der Waals surface area contributed by atoms with Crippen LogP contribution < -0.4 is 4.74 Å². The number of benzene rings is 1. The molecule has 0 unspecified atom stereocenters. The lowest BCUT2D eigenvalue weighted by atomic mass is 10.1. The minimum atomic E-state index is -0.121. The fourth-order valence-electron chi connectivity index (χ4n) is 1.11. The second kappa shape index (κ2) is 4.11. The van der Waals surface area contributed by atoms with Crippen LogP contribution in [0.2, 0.25) is 0 Å². The van der Waals surface area contributed by atoms with Crippen molar-refractivity contribution in [1.29, 1.82) is 0 Å². The van der Waals surface area contributed by atoms with Gasteiger partial charge in [-0.05, 0) is 17.7 Å². The van der Waals surface area contributed by atoms with E-state index in [0.717, 1.165) is 0 Å². The van der Waals surface area contributed by atoms with Crippen molar-refractivity contribution in [2.24, 2.45) is 0 Å². The second-order valence-electron chi connectivity index (χ2n) is 2.64. The van der Waals surface area contributed by atoms with Gasteiger partial charge < -0.3 is 20.1 Å². The predicted octanol–water partition coefficient (Wildman–Crippen LogP) is 0.118. The maximum Gasteiger partial charge on any atom is 0.173 e. The summed E-state index contributed by atoms with van der Waals surface area (Å²) >= 11 is 0. The summed E-state index contributed by atoms with van der Waals surface area (Å²) in [5.41, 5.74) is 1.10. The van der Waals surface area contributed by atoms with Gasteiger partial charge in [-0.15, -0.1) is 0 Å². The standard InChI is InChI=1S/C9H12O4/c1-13-8-3-6(4-10)2-7(5-11)9(8)12/h2-3,10-12H,4-5H2,1H3/p+1. The van der Waals surface area contributed by atoms with E-state index in [1.165, 1.54) is 7.11 Å². The van der Waals surface area contributed by atoms with Crippen LogP contribution >= 0.6 is 0 Å². The number of aromatic hydroxyl groups is 1. The highest BCUT2D eigenvalue weighted by Gasteiger charge is 2.10. The average Bonchev–Trinajstić information content (AvgIpc) is 2.18. The number of phenolic OH excluding ortho intramolecular Hbond substituents is 1. The zero-order valence-corrected chi connectivity index (χ0v) is 7.37. The summed E-state index contributed by atoms with van der Waals surface area (Å²) in [6.45, 7) is -0.153. The molecule has 0 amide bonds. The molecule has 1 aromatic rings. The molecule has 0 heterocycles. The molecule has 0 bridgehead atoms. The molecule has 0 aliphatic heterocycles. The lowest BCUT2D eigenvalue weighted by Gasteiger charge is -2.07. The van der Waals surface area contributed by atoms with Crippen LogP contribution in [-0.4, -0.2) is 22.4 Å². The fourth-order valence-corrected chi connectivity index (χ4v) is 1.11. The topological polar surface area (TPSA) is 72.6 Å². The van der Waals surface area contributed by atoms with Crippen LogP contribution in [0.4, 0.5) is 0 Å². The van der Waals surface area contributed by atoms with Crippen molar-refractivity contribution < 1.29 is 20.1 Å². The molecule has 4 N–H and O–H groups in total. The molecular weight excluding hydrogens is 172 g/mol. The van der Waals surface area contributed by atoms with E-state index in [1.807, 2.05) is 0 Å². The van der Waals surface area contributed by atoms with Gasteiger partial charge in [-0.25, -0.2) is 0 Å². The molecule has 1 rings (SSSR count). The van der Waals surface area contributed by atoms with Crippen molar-refractivity contribution >= 4 is 0 Å². The minimum Gasteiger partial charge on any atom is -0.504 e. The number of aliphatic hydroxyl groups is 1. The summed E-state index contributed by atoms with van der Waals surface area (Å²) in [5.74, 6) is 0.281. The van der Waals surface area contributed by atoms with E-state index in [-0.39, 0.29) is 19.0 Å². The van der Waals surface area contributed by atoms with Crippen molar-refractivity contribution in [1.82, 2.24) is 0 Å². The molecule has 0 aromatic heterocycles. The Morgan fingerprint density at radius 3 is 2.62 bits per heavy atom. The molecule has 0 atom stereocenters. The first-order valence-electron chi connectivity index (χ1n) is 3.87. The Kier molecular flexibility index (Phi) is 3.11. The van der Waals surface area contributed by atoms with E-state index >= 15 is 0 Å². The van der Waals surface area contributed by atoms with E-state index in [2.05, 4.69) is 0 Å². The molecule has 72 valence electrons. The van der Waals surface area contributed by atoms with Crippen LogP contribution in [0.15, 0.2) is 12.1 Å². The van der Waals surface area contributed by atoms with E-state index in [9.17, 15) is 5.11 Å². The predicted molar refractivity (Wildman–Crippen MR) is 47.9 cm³/mol. The van der Waals surface area contributed by atoms with Crippen molar-refractivity contribution in [2.45, 2.75) is 13.2 Å². The maximum absolute atomic E-state index is 9.48. The summed E-state index contributed by atoms with van der Waals surface area (Å²) in [4.78, 5) is 0.